The molecule has 2 atom stereocenters. The molecule has 0 spiro atoms. The lowest BCUT2D eigenvalue weighted by Crippen LogP contribution is -2.41. The highest BCUT2D eigenvalue weighted by Crippen LogP contribution is 2.49. The van der Waals surface area contributed by atoms with Gasteiger partial charge in [0.2, 0.25) is 0 Å². The van der Waals surface area contributed by atoms with Crippen molar-refractivity contribution >= 4 is 58.9 Å². The van der Waals surface area contributed by atoms with E-state index in [0.29, 0.717) is 32.5 Å². The highest BCUT2D eigenvalue weighted by Gasteiger charge is 2.47. The number of hydrogen-bond donors (Lipinski definition) is 2. The summed E-state index contributed by atoms with van der Waals surface area (Å²) in [6.45, 7) is 0.239. The zero-order valence-electron chi connectivity index (χ0n) is 23.5. The van der Waals surface area contributed by atoms with Gasteiger partial charge in [0, 0.05) is 35.1 Å². The highest BCUT2D eigenvalue weighted by atomic mass is 35.5. The van der Waals surface area contributed by atoms with E-state index < -0.39 is 23.1 Å². The average molecular weight is 628 g/mol. The molecule has 2 heterocycles. The van der Waals surface area contributed by atoms with Crippen LogP contribution in [0.25, 0.3) is 22.3 Å². The number of nitrogens with zero attached hydrogens (tertiary/aromatic N) is 2. The number of halogens is 2. The van der Waals surface area contributed by atoms with Crippen molar-refractivity contribution in [3.05, 3.63) is 106 Å². The molecule has 4 aromatic rings. The van der Waals surface area contributed by atoms with E-state index in [1.807, 2.05) is 72.8 Å². The van der Waals surface area contributed by atoms with Crippen molar-refractivity contribution < 1.29 is 19.1 Å². The van der Waals surface area contributed by atoms with Gasteiger partial charge in [0.15, 0.2) is 11.2 Å². The van der Waals surface area contributed by atoms with Crippen LogP contribution in [-0.2, 0) is 30.3 Å². The number of ether oxygens (including phenoxy) is 2. The minimum absolute atomic E-state index is 0.120. The molecule has 10 heteroatoms. The van der Waals surface area contributed by atoms with Gasteiger partial charge < -0.3 is 20.9 Å². The maximum Gasteiger partial charge on any atom is 0.418 e. The minimum Gasteiger partial charge on any atom is -0.440 e. The third-order valence-corrected chi connectivity index (χ3v) is 8.61. The first-order valence-electron chi connectivity index (χ1n) is 14.1. The quantitative estimate of drug-likeness (QED) is 0.167. The second kappa shape index (κ2) is 12.0. The molecule has 0 aliphatic carbocycles. The van der Waals surface area contributed by atoms with Gasteiger partial charge in [-0.1, -0.05) is 96.0 Å². The Balaban J connectivity index is 1.33. The topological polar surface area (TPSA) is 129 Å². The maximum atomic E-state index is 13.5. The molecule has 6 rings (SSSR count). The summed E-state index contributed by atoms with van der Waals surface area (Å²) in [5.41, 5.74) is 14.1. The molecule has 2 aliphatic rings. The predicted octanol–water partition coefficient (Wildman–Crippen LogP) is 6.63. The molecule has 0 radical (unpaired) electrons. The van der Waals surface area contributed by atoms with Crippen LogP contribution in [0, 0.1) is 0 Å². The molecule has 0 fully saturated rings. The number of rotatable bonds is 8. The molecule has 2 aliphatic heterocycles. The lowest BCUT2D eigenvalue weighted by Gasteiger charge is -2.31. The van der Waals surface area contributed by atoms with Crippen LogP contribution in [0.4, 0.5) is 11.4 Å². The lowest BCUT2D eigenvalue weighted by atomic mass is 9.89. The van der Waals surface area contributed by atoms with E-state index in [2.05, 4.69) is 9.98 Å². The zero-order valence-corrected chi connectivity index (χ0v) is 25.0. The summed E-state index contributed by atoms with van der Waals surface area (Å²) in [6, 6.07) is 26.4. The van der Waals surface area contributed by atoms with Gasteiger partial charge in [-0.3, -0.25) is 9.98 Å². The van der Waals surface area contributed by atoms with E-state index in [9.17, 15) is 9.59 Å². The largest absolute Gasteiger partial charge is 0.440 e. The Kier molecular flexibility index (Phi) is 8.09. The number of esters is 2. The summed E-state index contributed by atoms with van der Waals surface area (Å²) in [5.74, 6) is -2.49. The number of nitrogens with two attached hydrogens (primary N) is 2. The second-order valence-electron chi connectivity index (χ2n) is 10.5. The Bertz CT molecular complexity index is 1680. The predicted molar refractivity (Wildman–Crippen MR) is 173 cm³/mol. The number of benzene rings is 4. The van der Waals surface area contributed by atoms with Crippen molar-refractivity contribution in [2.24, 2.45) is 21.5 Å². The fourth-order valence-corrected chi connectivity index (χ4v) is 6.65. The van der Waals surface area contributed by atoms with Gasteiger partial charge in [0.25, 0.3) is 0 Å². The molecule has 8 nitrogen and oxygen atoms in total. The molecular formula is C34H28Cl2N4O4. The monoisotopic (exact) mass is 626 g/mol. The molecule has 0 bridgehead atoms. The van der Waals surface area contributed by atoms with E-state index in [1.54, 1.807) is 12.1 Å². The normalized spacial score (nSPS) is 19.5. The van der Waals surface area contributed by atoms with E-state index >= 15 is 0 Å². The molecular weight excluding hydrogens is 599 g/mol. The maximum absolute atomic E-state index is 13.5. The molecule has 44 heavy (non-hydrogen) atoms. The first-order chi connectivity index (χ1) is 21.3. The van der Waals surface area contributed by atoms with E-state index in [0.717, 1.165) is 22.3 Å². The third-order valence-electron chi connectivity index (χ3n) is 7.83. The van der Waals surface area contributed by atoms with Crippen molar-refractivity contribution in [2.75, 3.05) is 13.1 Å². The first-order valence-corrected chi connectivity index (χ1v) is 14.8. The molecule has 4 aromatic carbocycles. The Morgan fingerprint density at radius 3 is 1.36 bits per heavy atom. The smallest absolute Gasteiger partial charge is 0.418 e. The van der Waals surface area contributed by atoms with Crippen LogP contribution in [-0.4, -0.2) is 37.5 Å². The molecule has 4 N–H and O–H groups in total. The van der Waals surface area contributed by atoms with Crippen molar-refractivity contribution in [1.82, 2.24) is 0 Å². The molecule has 222 valence electrons. The van der Waals surface area contributed by atoms with Crippen LogP contribution >= 0.6 is 23.2 Å². The molecule has 0 aromatic heterocycles. The van der Waals surface area contributed by atoms with Gasteiger partial charge in [-0.25, -0.2) is 9.59 Å². The summed E-state index contributed by atoms with van der Waals surface area (Å²) in [6.07, 6.45) is 3.18. The number of carbonyl (C=O) groups is 2. The standard InChI is InChI=1S/C34H28Cl2N4O4/c35-29-23(21-7-3-1-4-8-21)11-13-25-27(29)33(15-17-37,19-39-25)43-31(41)32(42)44-34(16-18-38)20-40-26-14-12-24(30(36)28(26)34)22-9-5-2-6-10-22/h1-14,19-20H,15-18,37-38H2. The van der Waals surface area contributed by atoms with Crippen LogP contribution in [0.15, 0.2) is 94.9 Å². The number of fused-ring (bicyclic) bond motifs is 2. The fraction of sp³-hybridized carbons (Fsp3) is 0.176. The highest BCUT2D eigenvalue weighted by molar-refractivity contribution is 6.36. The van der Waals surface area contributed by atoms with Crippen LogP contribution in [0.2, 0.25) is 10.0 Å². The fourth-order valence-electron chi connectivity index (χ4n) is 5.79. The van der Waals surface area contributed by atoms with Gasteiger partial charge in [-0.05, 0) is 36.3 Å². The third kappa shape index (κ3) is 5.10. The van der Waals surface area contributed by atoms with Gasteiger partial charge in [0.05, 0.1) is 33.8 Å². The number of hydrogen-bond acceptors (Lipinski definition) is 8. The second-order valence-corrected chi connectivity index (χ2v) is 11.3. The van der Waals surface area contributed by atoms with E-state index in [1.165, 1.54) is 12.4 Å². The summed E-state index contributed by atoms with van der Waals surface area (Å²) in [5, 5.41) is 0.690. The molecule has 0 saturated carbocycles. The minimum atomic E-state index is -1.48. The summed E-state index contributed by atoms with van der Waals surface area (Å²) < 4.78 is 11.8. The Labute approximate surface area is 264 Å². The van der Waals surface area contributed by atoms with Gasteiger partial charge in [0.1, 0.15) is 0 Å². The number of aliphatic imine (C=N–C) groups is 2. The molecule has 0 amide bonds. The van der Waals surface area contributed by atoms with Crippen molar-refractivity contribution in [3.63, 3.8) is 0 Å². The lowest BCUT2D eigenvalue weighted by molar-refractivity contribution is -0.180. The Hall–Kier alpha value is -4.34. The van der Waals surface area contributed by atoms with Gasteiger partial charge in [-0.2, -0.15) is 0 Å². The van der Waals surface area contributed by atoms with Gasteiger partial charge in [-0.15, -0.1) is 0 Å². The van der Waals surface area contributed by atoms with E-state index in [-0.39, 0.29) is 25.9 Å². The molecule has 0 saturated heterocycles. The van der Waals surface area contributed by atoms with Crippen LogP contribution in [0.3, 0.4) is 0 Å². The van der Waals surface area contributed by atoms with Crippen LogP contribution in [0.5, 0.6) is 0 Å². The summed E-state index contributed by atoms with van der Waals surface area (Å²) >= 11 is 13.9. The average Bonchev–Trinajstić information content (AvgIpc) is 3.58. The number of carbonyl (C=O) groups excluding carboxylic acids is 2. The summed E-state index contributed by atoms with van der Waals surface area (Å²) in [7, 11) is 0. The first kappa shape index (κ1) is 29.7. The zero-order chi connectivity index (χ0) is 30.9. The van der Waals surface area contributed by atoms with E-state index in [4.69, 9.17) is 44.1 Å². The van der Waals surface area contributed by atoms with Crippen molar-refractivity contribution in [1.29, 1.82) is 0 Å². The Morgan fingerprint density at radius 1 is 0.614 bits per heavy atom. The summed E-state index contributed by atoms with van der Waals surface area (Å²) in [4.78, 5) is 36.0. The van der Waals surface area contributed by atoms with Crippen molar-refractivity contribution in [3.8, 4) is 22.3 Å². The SMILES string of the molecule is NCCC1(OC(=O)C(=O)OC2(CCN)C=Nc3ccc(-c4ccccc4)c(Cl)c32)C=Nc2ccc(-c3ccccc3)c(Cl)c21. The Morgan fingerprint density at radius 2 is 1.00 bits per heavy atom. The van der Waals surface area contributed by atoms with Gasteiger partial charge >= 0.3 is 11.9 Å². The molecule has 2 unspecified atom stereocenters. The van der Waals surface area contributed by atoms with Crippen LogP contribution < -0.4 is 11.5 Å². The van der Waals surface area contributed by atoms with Crippen LogP contribution in [0.1, 0.15) is 24.0 Å². The van der Waals surface area contributed by atoms with Crippen molar-refractivity contribution in [2.45, 2.75) is 24.0 Å².